The Kier molecular flexibility index (Phi) is 3.80. The Hall–Kier alpha value is -1.39. The summed E-state index contributed by atoms with van der Waals surface area (Å²) in [6.07, 6.45) is 2.61. The van der Waals surface area contributed by atoms with Gasteiger partial charge in [-0.3, -0.25) is 10.1 Å². The van der Waals surface area contributed by atoms with Crippen LogP contribution in [0.5, 0.6) is 0 Å². The van der Waals surface area contributed by atoms with Gasteiger partial charge in [0.05, 0.1) is 6.67 Å². The molecule has 1 N–H and O–H groups in total. The van der Waals surface area contributed by atoms with Gasteiger partial charge in [-0.1, -0.05) is 30.3 Å². The number of carbonyl (C=O) groups excluding carboxylic acids is 1. The Morgan fingerprint density at radius 3 is 2.58 bits per heavy atom. The van der Waals surface area contributed by atoms with Gasteiger partial charge in [0.2, 0.25) is 5.91 Å². The van der Waals surface area contributed by atoms with Gasteiger partial charge in [0.1, 0.15) is 6.04 Å². The van der Waals surface area contributed by atoms with Crippen molar-refractivity contribution >= 4 is 5.91 Å². The largest absolute Gasteiger partial charge is 0.327 e. The highest BCUT2D eigenvalue weighted by molar-refractivity contribution is 5.85. The Bertz CT molecular complexity index is 428. The molecule has 2 heterocycles. The van der Waals surface area contributed by atoms with Crippen LogP contribution in [0, 0.1) is 0 Å². The number of hydrogen-bond acceptors (Lipinski definition) is 3. The van der Waals surface area contributed by atoms with Gasteiger partial charge in [-0.05, 0) is 31.5 Å². The monoisotopic (exact) mass is 259 g/mol. The van der Waals surface area contributed by atoms with Gasteiger partial charge in [-0.2, -0.15) is 0 Å². The van der Waals surface area contributed by atoms with Gasteiger partial charge >= 0.3 is 0 Å². The minimum atomic E-state index is -0.153. The average Bonchev–Trinajstić information content (AvgIpc) is 3.07. The summed E-state index contributed by atoms with van der Waals surface area (Å²) in [6.45, 7) is 4.91. The summed E-state index contributed by atoms with van der Waals surface area (Å²) < 4.78 is 0. The number of rotatable bonds is 4. The molecule has 4 nitrogen and oxygen atoms in total. The van der Waals surface area contributed by atoms with Crippen LogP contribution in [0.1, 0.15) is 24.4 Å². The van der Waals surface area contributed by atoms with Gasteiger partial charge in [-0.15, -0.1) is 0 Å². The van der Waals surface area contributed by atoms with Gasteiger partial charge in [0.25, 0.3) is 0 Å². The highest BCUT2D eigenvalue weighted by atomic mass is 16.2. The van der Waals surface area contributed by atoms with E-state index in [4.69, 9.17) is 0 Å². The first-order valence-corrected chi connectivity index (χ1v) is 7.14. The van der Waals surface area contributed by atoms with E-state index in [0.29, 0.717) is 6.67 Å². The first-order chi connectivity index (χ1) is 9.34. The van der Waals surface area contributed by atoms with Crippen LogP contribution in [0.25, 0.3) is 0 Å². The van der Waals surface area contributed by atoms with Crippen molar-refractivity contribution in [3.8, 4) is 0 Å². The predicted molar refractivity (Wildman–Crippen MR) is 74.6 cm³/mol. The summed E-state index contributed by atoms with van der Waals surface area (Å²) in [7, 11) is 0. The Morgan fingerprint density at radius 1 is 1.11 bits per heavy atom. The number of carbonyl (C=O) groups is 1. The van der Waals surface area contributed by atoms with Crippen LogP contribution < -0.4 is 5.32 Å². The average molecular weight is 259 g/mol. The zero-order chi connectivity index (χ0) is 13.1. The smallest absolute Gasteiger partial charge is 0.245 e. The third-order valence-corrected chi connectivity index (χ3v) is 4.06. The van der Waals surface area contributed by atoms with Crippen molar-refractivity contribution in [2.75, 3.05) is 32.8 Å². The number of nitrogens with one attached hydrogen (secondary N) is 1. The normalized spacial score (nSPS) is 24.3. The maximum Gasteiger partial charge on any atom is 0.245 e. The van der Waals surface area contributed by atoms with E-state index in [1.807, 2.05) is 35.2 Å². The van der Waals surface area contributed by atoms with E-state index in [-0.39, 0.29) is 11.9 Å². The van der Waals surface area contributed by atoms with Crippen LogP contribution >= 0.6 is 0 Å². The van der Waals surface area contributed by atoms with Gasteiger partial charge < -0.3 is 9.80 Å². The molecule has 1 aromatic rings. The van der Waals surface area contributed by atoms with E-state index in [2.05, 4.69) is 10.2 Å². The third-order valence-electron chi connectivity index (χ3n) is 4.06. The predicted octanol–water partition coefficient (Wildman–Crippen LogP) is 1.21. The number of nitrogens with zero attached hydrogens (tertiary/aromatic N) is 2. The van der Waals surface area contributed by atoms with E-state index < -0.39 is 0 Å². The molecule has 0 spiro atoms. The summed E-state index contributed by atoms with van der Waals surface area (Å²) in [6, 6.07) is 9.82. The van der Waals surface area contributed by atoms with Crippen LogP contribution in [0.4, 0.5) is 0 Å². The molecule has 3 rings (SSSR count). The maximum atomic E-state index is 12.4. The van der Waals surface area contributed by atoms with Gasteiger partial charge in [-0.25, -0.2) is 0 Å². The van der Waals surface area contributed by atoms with Gasteiger partial charge in [0.15, 0.2) is 0 Å². The second kappa shape index (κ2) is 5.72. The second-order valence-electron chi connectivity index (χ2n) is 5.36. The number of hydrogen-bond donors (Lipinski definition) is 1. The lowest BCUT2D eigenvalue weighted by Gasteiger charge is -2.20. The first-order valence-electron chi connectivity index (χ1n) is 7.14. The van der Waals surface area contributed by atoms with Crippen molar-refractivity contribution < 1.29 is 4.79 Å². The minimum Gasteiger partial charge on any atom is -0.327 e. The summed E-state index contributed by atoms with van der Waals surface area (Å²) >= 11 is 0. The molecule has 2 fully saturated rings. The topological polar surface area (TPSA) is 35.6 Å². The van der Waals surface area contributed by atoms with Crippen molar-refractivity contribution in [2.24, 2.45) is 0 Å². The summed E-state index contributed by atoms with van der Waals surface area (Å²) in [4.78, 5) is 16.7. The van der Waals surface area contributed by atoms with Crippen LogP contribution in [0.3, 0.4) is 0 Å². The fourth-order valence-electron chi connectivity index (χ4n) is 2.91. The van der Waals surface area contributed by atoms with Crippen molar-refractivity contribution in [3.05, 3.63) is 35.9 Å². The zero-order valence-corrected chi connectivity index (χ0v) is 11.2. The Balaban J connectivity index is 1.56. The second-order valence-corrected chi connectivity index (χ2v) is 5.36. The highest BCUT2D eigenvalue weighted by Gasteiger charge is 2.32. The molecule has 4 heteroatoms. The molecule has 0 aromatic heterocycles. The maximum absolute atomic E-state index is 12.4. The van der Waals surface area contributed by atoms with Gasteiger partial charge in [0, 0.05) is 13.1 Å². The molecule has 0 bridgehead atoms. The van der Waals surface area contributed by atoms with Crippen LogP contribution in [-0.4, -0.2) is 48.6 Å². The van der Waals surface area contributed by atoms with E-state index in [9.17, 15) is 4.79 Å². The molecule has 1 amide bonds. The number of benzene rings is 1. The van der Waals surface area contributed by atoms with Crippen molar-refractivity contribution in [2.45, 2.75) is 18.9 Å². The van der Waals surface area contributed by atoms with E-state index in [0.717, 1.165) is 18.7 Å². The molecule has 2 aliphatic rings. The molecule has 0 aliphatic carbocycles. The van der Waals surface area contributed by atoms with E-state index in [1.54, 1.807) is 0 Å². The SMILES string of the molecule is O=C1C(c2ccccc2)NCN1CCN1CCCC1. The standard InChI is InChI=1S/C15H21N3O/c19-15-14(13-6-2-1-3-7-13)16-12-18(15)11-10-17-8-4-5-9-17/h1-3,6-7,14,16H,4-5,8-12H2. The molecular formula is C15H21N3O. The minimum absolute atomic E-state index is 0.153. The lowest BCUT2D eigenvalue weighted by atomic mass is 10.1. The van der Waals surface area contributed by atoms with Crippen molar-refractivity contribution in [1.82, 2.24) is 15.1 Å². The fraction of sp³-hybridized carbons (Fsp3) is 0.533. The molecule has 2 aliphatic heterocycles. The Morgan fingerprint density at radius 2 is 1.84 bits per heavy atom. The molecule has 1 atom stereocenters. The molecule has 1 aromatic carbocycles. The summed E-state index contributed by atoms with van der Waals surface area (Å²) in [5, 5.41) is 3.31. The highest BCUT2D eigenvalue weighted by Crippen LogP contribution is 2.20. The third kappa shape index (κ3) is 2.80. The molecular weight excluding hydrogens is 238 g/mol. The van der Waals surface area contributed by atoms with Crippen molar-refractivity contribution in [3.63, 3.8) is 0 Å². The Labute approximate surface area is 114 Å². The number of amides is 1. The molecule has 2 saturated heterocycles. The molecule has 0 radical (unpaired) electrons. The quantitative estimate of drug-likeness (QED) is 0.883. The first kappa shape index (κ1) is 12.6. The van der Waals surface area contributed by atoms with E-state index in [1.165, 1.54) is 25.9 Å². The zero-order valence-electron chi connectivity index (χ0n) is 11.2. The van der Waals surface area contributed by atoms with Crippen LogP contribution in [0.2, 0.25) is 0 Å². The molecule has 1 unspecified atom stereocenters. The summed E-state index contributed by atoms with van der Waals surface area (Å²) in [5.41, 5.74) is 1.07. The number of likely N-dealkylation sites (tertiary alicyclic amines) is 1. The van der Waals surface area contributed by atoms with E-state index >= 15 is 0 Å². The molecule has 0 saturated carbocycles. The van der Waals surface area contributed by atoms with Crippen LogP contribution in [-0.2, 0) is 4.79 Å². The summed E-state index contributed by atoms with van der Waals surface area (Å²) in [5.74, 6) is 0.213. The fourth-order valence-corrected chi connectivity index (χ4v) is 2.91. The van der Waals surface area contributed by atoms with Crippen LogP contribution in [0.15, 0.2) is 30.3 Å². The van der Waals surface area contributed by atoms with Crippen molar-refractivity contribution in [1.29, 1.82) is 0 Å². The molecule has 102 valence electrons. The molecule has 19 heavy (non-hydrogen) atoms. The lowest BCUT2D eigenvalue weighted by Crippen LogP contribution is -2.35. The lowest BCUT2D eigenvalue weighted by molar-refractivity contribution is -0.129.